The second kappa shape index (κ2) is 18.6. The molecule has 0 bridgehead atoms. The minimum atomic E-state index is -1.50. The summed E-state index contributed by atoms with van der Waals surface area (Å²) in [5, 5.41) is 45.8. The first kappa shape index (κ1) is 40.1. The van der Waals surface area contributed by atoms with Crippen molar-refractivity contribution in [2.45, 2.75) is 128 Å². The Labute approximate surface area is 286 Å². The second-order valence-corrected chi connectivity index (χ2v) is 14.3. The number of ether oxygens (including phenoxy) is 4. The van der Waals surface area contributed by atoms with Crippen LogP contribution in [0.1, 0.15) is 80.1 Å². The molecule has 2 fully saturated rings. The molecule has 0 spiro atoms. The molecule has 48 heavy (non-hydrogen) atoms. The summed E-state index contributed by atoms with van der Waals surface area (Å²) in [4.78, 5) is 27.9. The van der Waals surface area contributed by atoms with Gasteiger partial charge in [-0.1, -0.05) is 45.1 Å². The number of carbonyl (C=O) groups is 2. The molecule has 3 heterocycles. The molecule has 12 nitrogen and oxygen atoms in total. The first-order valence-corrected chi connectivity index (χ1v) is 17.6. The Kier molecular flexibility index (Phi) is 15.6. The number of hydrogen-bond donors (Lipinski definition) is 5. The van der Waals surface area contributed by atoms with Gasteiger partial charge < -0.3 is 44.7 Å². The molecule has 0 saturated carbocycles. The summed E-state index contributed by atoms with van der Waals surface area (Å²) in [5.41, 5.74) is -1.97. The smallest absolute Gasteiger partial charge is 0.407 e. The van der Waals surface area contributed by atoms with E-state index in [1.165, 1.54) is 0 Å². The summed E-state index contributed by atoms with van der Waals surface area (Å²) >= 11 is 0. The van der Waals surface area contributed by atoms with Gasteiger partial charge in [0.2, 0.25) is 0 Å². The maximum absolute atomic E-state index is 12.8. The number of nitrogens with one attached hydrogen (secondary N) is 1. The van der Waals surface area contributed by atoms with E-state index < -0.39 is 47.7 Å². The normalized spacial score (nSPS) is 34.2. The molecule has 274 valence electrons. The lowest BCUT2D eigenvalue weighted by molar-refractivity contribution is -0.151. The minimum Gasteiger partial charge on any atom is -0.457 e. The van der Waals surface area contributed by atoms with Crippen LogP contribution in [0.5, 0.6) is 0 Å². The highest BCUT2D eigenvalue weighted by Crippen LogP contribution is 2.37. The Balaban J connectivity index is 1.66. The van der Waals surface area contributed by atoms with Gasteiger partial charge in [0.25, 0.3) is 0 Å². The van der Waals surface area contributed by atoms with Crippen molar-refractivity contribution in [3.63, 3.8) is 0 Å². The fraction of sp³-hybridized carbons (Fsp3) is 0.778. The van der Waals surface area contributed by atoms with Crippen LogP contribution in [0.2, 0.25) is 0 Å². The maximum atomic E-state index is 12.8. The molecular weight excluding hydrogens is 620 g/mol. The third-order valence-electron chi connectivity index (χ3n) is 9.63. The van der Waals surface area contributed by atoms with Crippen LogP contribution in [0, 0.1) is 11.8 Å². The minimum absolute atomic E-state index is 0.0144. The third kappa shape index (κ3) is 13.2. The number of morpholine rings is 1. The number of allylic oxidation sites excluding steroid dienone is 2. The fourth-order valence-corrected chi connectivity index (χ4v) is 6.28. The average molecular weight is 681 g/mol. The van der Waals surface area contributed by atoms with Crippen LogP contribution >= 0.6 is 0 Å². The molecule has 0 aromatic rings. The Bertz CT molecular complexity index is 1120. The van der Waals surface area contributed by atoms with Crippen molar-refractivity contribution >= 4 is 12.1 Å². The molecule has 12 heteroatoms. The number of amides is 1. The zero-order valence-electron chi connectivity index (χ0n) is 29.7. The number of hydrogen-bond acceptors (Lipinski definition) is 11. The fourth-order valence-electron chi connectivity index (χ4n) is 6.28. The lowest BCUT2D eigenvalue weighted by Gasteiger charge is -2.32. The molecule has 2 saturated heterocycles. The van der Waals surface area contributed by atoms with E-state index in [1.807, 2.05) is 27.7 Å². The molecule has 3 aliphatic heterocycles. The van der Waals surface area contributed by atoms with Crippen LogP contribution in [0.4, 0.5) is 4.79 Å². The van der Waals surface area contributed by atoms with Crippen molar-refractivity contribution in [2.75, 3.05) is 39.4 Å². The molecule has 10 unspecified atom stereocenters. The number of carbonyl (C=O) groups excluding carboxylic acids is 2. The Morgan fingerprint density at radius 2 is 2.00 bits per heavy atom. The molecule has 1 amide bonds. The number of nitrogens with zero attached hydrogens (tertiary/aromatic N) is 1. The van der Waals surface area contributed by atoms with Crippen LogP contribution in [0.3, 0.4) is 0 Å². The average Bonchev–Trinajstić information content (AvgIpc) is 3.79. The van der Waals surface area contributed by atoms with Gasteiger partial charge in [0.15, 0.2) is 6.10 Å². The highest BCUT2D eigenvalue weighted by molar-refractivity contribution is 5.70. The van der Waals surface area contributed by atoms with Crippen LogP contribution in [0.25, 0.3) is 0 Å². The summed E-state index contributed by atoms with van der Waals surface area (Å²) in [7, 11) is 0. The van der Waals surface area contributed by atoms with Crippen molar-refractivity contribution in [1.29, 1.82) is 0 Å². The van der Waals surface area contributed by atoms with Crippen molar-refractivity contribution in [1.82, 2.24) is 10.2 Å². The predicted molar refractivity (Wildman–Crippen MR) is 181 cm³/mol. The molecule has 10 atom stereocenters. The van der Waals surface area contributed by atoms with E-state index in [9.17, 15) is 30.0 Å². The molecule has 3 rings (SSSR count). The van der Waals surface area contributed by atoms with Gasteiger partial charge in [-0.15, -0.1) is 0 Å². The summed E-state index contributed by atoms with van der Waals surface area (Å²) in [5.74, 6) is -0.970. The first-order valence-electron chi connectivity index (χ1n) is 17.6. The summed E-state index contributed by atoms with van der Waals surface area (Å²) < 4.78 is 22.6. The summed E-state index contributed by atoms with van der Waals surface area (Å²) in [6.45, 7) is 15.2. The number of rotatable bonds is 13. The van der Waals surface area contributed by atoms with Crippen molar-refractivity contribution in [2.24, 2.45) is 11.8 Å². The van der Waals surface area contributed by atoms with Gasteiger partial charge in [0, 0.05) is 37.9 Å². The highest BCUT2D eigenvalue weighted by Gasteiger charge is 2.47. The Morgan fingerprint density at radius 3 is 2.69 bits per heavy atom. The Morgan fingerprint density at radius 1 is 1.29 bits per heavy atom. The monoisotopic (exact) mass is 680 g/mol. The van der Waals surface area contributed by atoms with E-state index in [0.29, 0.717) is 38.2 Å². The summed E-state index contributed by atoms with van der Waals surface area (Å²) in [6.07, 6.45) is 6.12. The van der Waals surface area contributed by atoms with Crippen molar-refractivity contribution < 1.29 is 49.0 Å². The van der Waals surface area contributed by atoms with Crippen molar-refractivity contribution in [3.05, 3.63) is 36.0 Å². The number of esters is 1. The highest BCUT2D eigenvalue weighted by atomic mass is 16.6. The number of epoxide rings is 1. The lowest BCUT2D eigenvalue weighted by Crippen LogP contribution is -2.44. The molecule has 5 N–H and O–H groups in total. The maximum Gasteiger partial charge on any atom is 0.407 e. The van der Waals surface area contributed by atoms with Gasteiger partial charge in [-0.2, -0.15) is 0 Å². The number of aliphatic hydroxyl groups is 4. The first-order chi connectivity index (χ1) is 22.6. The van der Waals surface area contributed by atoms with E-state index in [2.05, 4.69) is 10.2 Å². The molecule has 0 aliphatic carbocycles. The van der Waals surface area contributed by atoms with Gasteiger partial charge in [0.05, 0.1) is 49.7 Å². The zero-order valence-corrected chi connectivity index (χ0v) is 29.7. The predicted octanol–water partition coefficient (Wildman–Crippen LogP) is 3.02. The molecule has 3 aliphatic rings. The number of aliphatic hydroxyl groups excluding tert-OH is 2. The van der Waals surface area contributed by atoms with Crippen LogP contribution in [-0.4, -0.2) is 125 Å². The van der Waals surface area contributed by atoms with Gasteiger partial charge in [-0.25, -0.2) is 4.79 Å². The topological polar surface area (TPSA) is 171 Å². The van der Waals surface area contributed by atoms with E-state index >= 15 is 0 Å². The van der Waals surface area contributed by atoms with Gasteiger partial charge in [-0.3, -0.25) is 9.69 Å². The van der Waals surface area contributed by atoms with Gasteiger partial charge >= 0.3 is 12.1 Å². The van der Waals surface area contributed by atoms with Crippen LogP contribution in [-0.2, 0) is 23.7 Å². The van der Waals surface area contributed by atoms with Gasteiger partial charge in [-0.05, 0) is 64.6 Å². The molecule has 0 aromatic heterocycles. The summed E-state index contributed by atoms with van der Waals surface area (Å²) in [6, 6.07) is 0. The largest absolute Gasteiger partial charge is 0.457 e. The van der Waals surface area contributed by atoms with Gasteiger partial charge in [0.1, 0.15) is 11.7 Å². The van der Waals surface area contributed by atoms with E-state index in [-0.39, 0.29) is 43.3 Å². The lowest BCUT2D eigenvalue weighted by atomic mass is 9.88. The second-order valence-electron chi connectivity index (χ2n) is 14.3. The molecular formula is C36H60N2O10. The quantitative estimate of drug-likeness (QED) is 0.0637. The standard InChI is InChI=1S/C36H60N2O10/c1-7-28(40)26(4)33-29(46-33)23-35(5,43)14-8-10-24(2)32-25(3)11-12-30(36(6,44)15-13-27(39)22-31(41)48-32)47-34(42)37-16-9-17-38-18-20-45-21-19-38/h8,10-12,14,25-30,32-33,39-40,43-44H,7,9,13,15-23H2,1-6H3,(H,37,42)/b12-11+,14-8+,24-10+. The number of cyclic esters (lactones) is 1. The van der Waals surface area contributed by atoms with Crippen LogP contribution < -0.4 is 5.32 Å². The zero-order chi connectivity index (χ0) is 35.5. The molecule has 0 radical (unpaired) electrons. The van der Waals surface area contributed by atoms with E-state index in [0.717, 1.165) is 26.1 Å². The Hall–Kier alpha value is -2.32. The SMILES string of the molecule is CCC(O)C(C)C1OC1CC(C)(O)/C=C/C=C(\C)C1OC(=O)CC(O)CCC(C)(O)C(OC(=O)NCCCN2CCOCC2)/C=C/C1C. The molecule has 0 aromatic carbocycles. The van der Waals surface area contributed by atoms with E-state index in [4.69, 9.17) is 18.9 Å². The van der Waals surface area contributed by atoms with Crippen LogP contribution in [0.15, 0.2) is 36.0 Å². The number of alkyl carbamates (subject to hydrolysis) is 1. The third-order valence-corrected chi connectivity index (χ3v) is 9.63. The van der Waals surface area contributed by atoms with E-state index in [1.54, 1.807) is 44.2 Å². The van der Waals surface area contributed by atoms with Crippen molar-refractivity contribution in [3.8, 4) is 0 Å².